The minimum atomic E-state index is -0.0556. The Labute approximate surface area is 78.4 Å². The summed E-state index contributed by atoms with van der Waals surface area (Å²) in [7, 11) is 0. The van der Waals surface area contributed by atoms with E-state index in [0.29, 0.717) is 5.69 Å². The molecule has 62 valence electrons. The van der Waals surface area contributed by atoms with Crippen molar-refractivity contribution in [3.05, 3.63) is 23.8 Å². The van der Waals surface area contributed by atoms with Crippen molar-refractivity contribution in [1.29, 1.82) is 0 Å². The van der Waals surface area contributed by atoms with Crippen LogP contribution >= 0.6 is 15.9 Å². The number of nitrogens with zero attached hydrogens (tertiary/aromatic N) is 2. The highest BCUT2D eigenvalue weighted by molar-refractivity contribution is 9.10. The summed E-state index contributed by atoms with van der Waals surface area (Å²) < 4.78 is 0. The van der Waals surface area contributed by atoms with E-state index in [9.17, 15) is 4.79 Å². The van der Waals surface area contributed by atoms with Gasteiger partial charge in [0, 0.05) is 6.20 Å². The topological polar surface area (TPSA) is 42.9 Å². The van der Waals surface area contributed by atoms with Crippen LogP contribution in [0.5, 0.6) is 0 Å². The summed E-state index contributed by atoms with van der Waals surface area (Å²) in [6.45, 7) is 0. The number of alkyl halides is 1. The summed E-state index contributed by atoms with van der Waals surface area (Å²) in [5, 5.41) is 0. The summed E-state index contributed by atoms with van der Waals surface area (Å²) in [6.07, 6.45) is 4.87. The van der Waals surface area contributed by atoms with Crippen LogP contribution in [0.15, 0.2) is 12.5 Å². The number of rotatable bonds is 0. The van der Waals surface area contributed by atoms with Gasteiger partial charge in [-0.1, -0.05) is 15.9 Å². The standard InChI is InChI=1S/C8H7BrN2O/c9-6-2-1-5-3-10-4-11-7(5)8(6)12/h3-4,6H,1-2H2. The average Bonchev–Trinajstić information content (AvgIpc) is 2.12. The number of fused-ring (bicyclic) bond motifs is 1. The van der Waals surface area contributed by atoms with Crippen LogP contribution in [-0.2, 0) is 6.42 Å². The van der Waals surface area contributed by atoms with Gasteiger partial charge in [-0.15, -0.1) is 0 Å². The molecule has 2 rings (SSSR count). The van der Waals surface area contributed by atoms with Crippen LogP contribution in [0.25, 0.3) is 0 Å². The Hall–Kier alpha value is -0.770. The predicted octanol–water partition coefficient (Wildman–Crippen LogP) is 1.37. The molecule has 0 amide bonds. The Bertz CT molecular complexity index is 327. The van der Waals surface area contributed by atoms with Gasteiger partial charge < -0.3 is 0 Å². The molecule has 0 bridgehead atoms. The lowest BCUT2D eigenvalue weighted by molar-refractivity contribution is 0.0976. The summed E-state index contributed by atoms with van der Waals surface area (Å²) >= 11 is 3.31. The largest absolute Gasteiger partial charge is 0.291 e. The summed E-state index contributed by atoms with van der Waals surface area (Å²) in [6, 6.07) is 0. The second kappa shape index (κ2) is 2.94. The van der Waals surface area contributed by atoms with Crippen LogP contribution < -0.4 is 0 Å². The molecule has 1 atom stereocenters. The lowest BCUT2D eigenvalue weighted by Crippen LogP contribution is -2.23. The minimum absolute atomic E-state index is 0.0556. The number of aryl methyl sites for hydroxylation is 1. The van der Waals surface area contributed by atoms with E-state index in [2.05, 4.69) is 25.9 Å². The van der Waals surface area contributed by atoms with E-state index < -0.39 is 0 Å². The number of carbonyl (C=O) groups is 1. The molecular weight excluding hydrogens is 220 g/mol. The Kier molecular flexibility index (Phi) is 1.92. The molecule has 0 N–H and O–H groups in total. The highest BCUT2D eigenvalue weighted by Crippen LogP contribution is 2.22. The first kappa shape index (κ1) is 7.86. The lowest BCUT2D eigenvalue weighted by Gasteiger charge is -2.16. The molecule has 1 aromatic heterocycles. The van der Waals surface area contributed by atoms with Crippen LogP contribution in [0.3, 0.4) is 0 Å². The molecule has 1 aliphatic rings. The molecule has 1 aliphatic carbocycles. The molecule has 0 saturated carbocycles. The van der Waals surface area contributed by atoms with Gasteiger partial charge in [0.1, 0.15) is 12.0 Å². The number of Topliss-reactive ketones (excluding diaryl/α,β-unsaturated/α-hetero) is 1. The number of ketones is 1. The summed E-state index contributed by atoms with van der Waals surface area (Å²) in [5.74, 6) is 0.0821. The molecule has 1 heterocycles. The molecule has 0 radical (unpaired) electrons. The fraction of sp³-hybridized carbons (Fsp3) is 0.375. The van der Waals surface area contributed by atoms with Gasteiger partial charge in [0.05, 0.1) is 4.83 Å². The number of hydrogen-bond acceptors (Lipinski definition) is 3. The Morgan fingerprint density at radius 1 is 1.58 bits per heavy atom. The van der Waals surface area contributed by atoms with E-state index >= 15 is 0 Å². The Morgan fingerprint density at radius 2 is 2.42 bits per heavy atom. The highest BCUT2D eigenvalue weighted by Gasteiger charge is 2.26. The van der Waals surface area contributed by atoms with E-state index in [4.69, 9.17) is 0 Å². The van der Waals surface area contributed by atoms with Gasteiger partial charge in [-0.2, -0.15) is 0 Å². The van der Waals surface area contributed by atoms with Crippen molar-refractivity contribution in [1.82, 2.24) is 9.97 Å². The Balaban J connectivity index is 2.49. The first-order valence-electron chi connectivity index (χ1n) is 3.76. The lowest BCUT2D eigenvalue weighted by atomic mass is 9.96. The fourth-order valence-electron chi connectivity index (χ4n) is 1.32. The van der Waals surface area contributed by atoms with Gasteiger partial charge >= 0.3 is 0 Å². The van der Waals surface area contributed by atoms with E-state index in [0.717, 1.165) is 18.4 Å². The van der Waals surface area contributed by atoms with Gasteiger partial charge in [0.15, 0.2) is 5.78 Å². The van der Waals surface area contributed by atoms with Crippen LogP contribution in [0.4, 0.5) is 0 Å². The van der Waals surface area contributed by atoms with Crippen LogP contribution in [0.2, 0.25) is 0 Å². The van der Waals surface area contributed by atoms with Gasteiger partial charge in [0.25, 0.3) is 0 Å². The van der Waals surface area contributed by atoms with E-state index in [1.54, 1.807) is 6.20 Å². The summed E-state index contributed by atoms with van der Waals surface area (Å²) in [4.78, 5) is 19.3. The van der Waals surface area contributed by atoms with Crippen molar-refractivity contribution >= 4 is 21.7 Å². The molecule has 3 nitrogen and oxygen atoms in total. The molecule has 0 saturated heterocycles. The van der Waals surface area contributed by atoms with Crippen molar-refractivity contribution in [3.8, 4) is 0 Å². The zero-order valence-electron chi connectivity index (χ0n) is 6.33. The van der Waals surface area contributed by atoms with Gasteiger partial charge in [0.2, 0.25) is 0 Å². The SMILES string of the molecule is O=C1c2ncncc2CCC1Br. The number of hydrogen-bond donors (Lipinski definition) is 0. The maximum Gasteiger partial charge on any atom is 0.195 e. The van der Waals surface area contributed by atoms with Gasteiger partial charge in [-0.25, -0.2) is 9.97 Å². The number of halogens is 1. The zero-order valence-corrected chi connectivity index (χ0v) is 7.91. The third-order valence-electron chi connectivity index (χ3n) is 1.97. The first-order valence-corrected chi connectivity index (χ1v) is 4.68. The molecular formula is C8H7BrN2O. The normalized spacial score (nSPS) is 22.1. The van der Waals surface area contributed by atoms with Crippen molar-refractivity contribution in [2.75, 3.05) is 0 Å². The van der Waals surface area contributed by atoms with E-state index in [1.165, 1.54) is 6.33 Å². The Morgan fingerprint density at radius 3 is 3.25 bits per heavy atom. The number of aromatic nitrogens is 2. The fourth-order valence-corrected chi connectivity index (χ4v) is 1.77. The van der Waals surface area contributed by atoms with Crippen LogP contribution in [0, 0.1) is 0 Å². The minimum Gasteiger partial charge on any atom is -0.291 e. The van der Waals surface area contributed by atoms with Crippen molar-refractivity contribution < 1.29 is 4.79 Å². The second-order valence-corrected chi connectivity index (χ2v) is 3.87. The molecule has 1 aromatic rings. The average molecular weight is 227 g/mol. The van der Waals surface area contributed by atoms with Crippen LogP contribution in [-0.4, -0.2) is 20.6 Å². The highest BCUT2D eigenvalue weighted by atomic mass is 79.9. The zero-order chi connectivity index (χ0) is 8.55. The maximum absolute atomic E-state index is 11.5. The second-order valence-electron chi connectivity index (χ2n) is 2.77. The molecule has 12 heavy (non-hydrogen) atoms. The third kappa shape index (κ3) is 1.16. The third-order valence-corrected chi connectivity index (χ3v) is 2.85. The monoisotopic (exact) mass is 226 g/mol. The first-order chi connectivity index (χ1) is 5.79. The van der Waals surface area contributed by atoms with E-state index in [-0.39, 0.29) is 10.6 Å². The van der Waals surface area contributed by atoms with Crippen molar-refractivity contribution in [3.63, 3.8) is 0 Å². The molecule has 1 unspecified atom stereocenters. The summed E-state index contributed by atoms with van der Waals surface area (Å²) in [5.41, 5.74) is 1.55. The number of carbonyl (C=O) groups excluding carboxylic acids is 1. The predicted molar refractivity (Wildman–Crippen MR) is 47.4 cm³/mol. The smallest absolute Gasteiger partial charge is 0.195 e. The van der Waals surface area contributed by atoms with Crippen molar-refractivity contribution in [2.24, 2.45) is 0 Å². The van der Waals surface area contributed by atoms with Gasteiger partial charge in [-0.3, -0.25) is 4.79 Å². The molecule has 0 fully saturated rings. The van der Waals surface area contributed by atoms with Gasteiger partial charge in [-0.05, 0) is 18.4 Å². The molecule has 0 spiro atoms. The van der Waals surface area contributed by atoms with E-state index in [1.807, 2.05) is 0 Å². The van der Waals surface area contributed by atoms with Crippen LogP contribution in [0.1, 0.15) is 22.5 Å². The maximum atomic E-state index is 11.5. The molecule has 0 aliphatic heterocycles. The van der Waals surface area contributed by atoms with Crippen molar-refractivity contribution in [2.45, 2.75) is 17.7 Å². The molecule has 4 heteroatoms. The quantitative estimate of drug-likeness (QED) is 0.628. The molecule has 0 aromatic carbocycles.